The van der Waals surface area contributed by atoms with Crippen molar-refractivity contribution in [3.8, 4) is 0 Å². The lowest BCUT2D eigenvalue weighted by atomic mass is 9.89. The zero-order valence-electron chi connectivity index (χ0n) is 12.3. The van der Waals surface area contributed by atoms with E-state index in [4.69, 9.17) is 0 Å². The molecule has 2 fully saturated rings. The van der Waals surface area contributed by atoms with Crippen molar-refractivity contribution < 1.29 is 0 Å². The highest BCUT2D eigenvalue weighted by Crippen LogP contribution is 2.30. The van der Waals surface area contributed by atoms with E-state index < -0.39 is 0 Å². The van der Waals surface area contributed by atoms with Crippen molar-refractivity contribution in [2.75, 3.05) is 19.6 Å². The van der Waals surface area contributed by atoms with Crippen molar-refractivity contribution in [2.45, 2.75) is 75.5 Å². The Hall–Kier alpha value is 0.270. The lowest BCUT2D eigenvalue weighted by Crippen LogP contribution is -2.49. The lowest BCUT2D eigenvalue weighted by Gasteiger charge is -2.42. The molecule has 0 aromatic carbocycles. The van der Waals surface area contributed by atoms with Gasteiger partial charge in [-0.1, -0.05) is 20.8 Å². The van der Waals surface area contributed by atoms with E-state index in [2.05, 4.69) is 42.7 Å². The fraction of sp³-hybridized carbons (Fsp3) is 1.00. The van der Waals surface area contributed by atoms with Gasteiger partial charge in [-0.3, -0.25) is 4.90 Å². The molecule has 2 atom stereocenters. The zero-order valence-corrected chi connectivity index (χ0v) is 13.1. The fourth-order valence-electron chi connectivity index (χ4n) is 3.51. The quantitative estimate of drug-likeness (QED) is 0.845. The molecule has 18 heavy (non-hydrogen) atoms. The van der Waals surface area contributed by atoms with Crippen LogP contribution in [0, 0.1) is 0 Å². The number of rotatable bonds is 4. The van der Waals surface area contributed by atoms with Gasteiger partial charge < -0.3 is 5.32 Å². The van der Waals surface area contributed by atoms with Crippen LogP contribution < -0.4 is 5.32 Å². The molecule has 2 rings (SSSR count). The van der Waals surface area contributed by atoms with Crippen LogP contribution >= 0.6 is 11.8 Å². The molecule has 1 heterocycles. The minimum atomic E-state index is 0.801. The van der Waals surface area contributed by atoms with Gasteiger partial charge >= 0.3 is 0 Å². The van der Waals surface area contributed by atoms with Crippen LogP contribution in [0.5, 0.6) is 0 Å². The molecule has 1 aliphatic carbocycles. The average molecular weight is 270 g/mol. The number of nitrogens with zero attached hydrogens (tertiary/aromatic N) is 1. The molecular formula is C15H30N2S. The van der Waals surface area contributed by atoms with Gasteiger partial charge in [0.1, 0.15) is 0 Å². The van der Waals surface area contributed by atoms with Crippen molar-refractivity contribution >= 4 is 11.8 Å². The standard InChI is InChI=1S/C15H30N2S/c1-4-9-16-14-5-7-15(8-6-14)17-10-12(2)18-13(3)11-17/h12-16H,4-11H2,1-3H3. The van der Waals surface area contributed by atoms with E-state index in [9.17, 15) is 0 Å². The summed E-state index contributed by atoms with van der Waals surface area (Å²) < 4.78 is 0. The summed E-state index contributed by atoms with van der Waals surface area (Å²) in [5, 5.41) is 5.34. The molecule has 0 aromatic rings. The monoisotopic (exact) mass is 270 g/mol. The molecule has 0 bridgehead atoms. The predicted octanol–water partition coefficient (Wildman–Crippen LogP) is 3.12. The third-order valence-electron chi connectivity index (χ3n) is 4.34. The molecule has 2 unspecified atom stereocenters. The maximum absolute atomic E-state index is 3.69. The summed E-state index contributed by atoms with van der Waals surface area (Å²) in [5.74, 6) is 0. The van der Waals surface area contributed by atoms with Gasteiger partial charge in [-0.2, -0.15) is 11.8 Å². The Balaban J connectivity index is 1.75. The molecule has 1 saturated heterocycles. The van der Waals surface area contributed by atoms with Crippen molar-refractivity contribution in [3.05, 3.63) is 0 Å². The van der Waals surface area contributed by atoms with Gasteiger partial charge in [0, 0.05) is 35.7 Å². The second-order valence-electron chi connectivity index (χ2n) is 6.17. The van der Waals surface area contributed by atoms with Crippen LogP contribution in [-0.2, 0) is 0 Å². The fourth-order valence-corrected chi connectivity index (χ4v) is 4.86. The van der Waals surface area contributed by atoms with E-state index >= 15 is 0 Å². The Kier molecular flexibility index (Phi) is 5.84. The van der Waals surface area contributed by atoms with Crippen LogP contribution in [-0.4, -0.2) is 47.1 Å². The normalized spacial score (nSPS) is 38.8. The molecule has 1 N–H and O–H groups in total. The molecule has 2 aliphatic rings. The topological polar surface area (TPSA) is 15.3 Å². The number of hydrogen-bond donors (Lipinski definition) is 1. The Morgan fingerprint density at radius 3 is 2.22 bits per heavy atom. The zero-order chi connectivity index (χ0) is 13.0. The van der Waals surface area contributed by atoms with Crippen LogP contribution in [0.25, 0.3) is 0 Å². The van der Waals surface area contributed by atoms with E-state index in [0.717, 1.165) is 22.6 Å². The minimum absolute atomic E-state index is 0.801. The van der Waals surface area contributed by atoms with Crippen molar-refractivity contribution in [1.29, 1.82) is 0 Å². The SMILES string of the molecule is CCCNC1CCC(N2CC(C)SC(C)C2)CC1. The van der Waals surface area contributed by atoms with Gasteiger partial charge in [-0.25, -0.2) is 0 Å². The highest BCUT2D eigenvalue weighted by molar-refractivity contribution is 8.00. The first-order chi connectivity index (χ1) is 8.69. The van der Waals surface area contributed by atoms with E-state index in [1.165, 1.54) is 51.7 Å². The second kappa shape index (κ2) is 7.16. The molecule has 106 valence electrons. The first-order valence-electron chi connectivity index (χ1n) is 7.82. The highest BCUT2D eigenvalue weighted by Gasteiger charge is 2.30. The second-order valence-corrected chi connectivity index (χ2v) is 8.05. The summed E-state index contributed by atoms with van der Waals surface area (Å²) in [6.45, 7) is 10.9. The average Bonchev–Trinajstić information content (AvgIpc) is 2.36. The third kappa shape index (κ3) is 4.14. The van der Waals surface area contributed by atoms with Crippen LogP contribution in [0.4, 0.5) is 0 Å². The van der Waals surface area contributed by atoms with Crippen LogP contribution in [0.1, 0.15) is 52.9 Å². The Morgan fingerprint density at radius 1 is 1.06 bits per heavy atom. The Bertz CT molecular complexity index is 229. The predicted molar refractivity (Wildman–Crippen MR) is 82.4 cm³/mol. The van der Waals surface area contributed by atoms with Gasteiger partial charge in [0.05, 0.1) is 0 Å². The summed E-state index contributed by atoms with van der Waals surface area (Å²) in [7, 11) is 0. The molecule has 0 spiro atoms. The van der Waals surface area contributed by atoms with Gasteiger partial charge in [-0.05, 0) is 38.6 Å². The van der Waals surface area contributed by atoms with E-state index in [-0.39, 0.29) is 0 Å². The summed E-state index contributed by atoms with van der Waals surface area (Å²) in [4.78, 5) is 2.78. The molecule has 0 radical (unpaired) electrons. The largest absolute Gasteiger partial charge is 0.314 e. The summed E-state index contributed by atoms with van der Waals surface area (Å²) in [5.41, 5.74) is 0. The summed E-state index contributed by atoms with van der Waals surface area (Å²) in [6.07, 6.45) is 6.85. The summed E-state index contributed by atoms with van der Waals surface area (Å²) >= 11 is 2.17. The van der Waals surface area contributed by atoms with Crippen molar-refractivity contribution in [1.82, 2.24) is 10.2 Å². The van der Waals surface area contributed by atoms with E-state index in [0.29, 0.717) is 0 Å². The van der Waals surface area contributed by atoms with Gasteiger partial charge in [0.2, 0.25) is 0 Å². The molecule has 3 heteroatoms. The first kappa shape index (κ1) is 14.7. The van der Waals surface area contributed by atoms with Gasteiger partial charge in [0.25, 0.3) is 0 Å². The van der Waals surface area contributed by atoms with Crippen LogP contribution in [0.2, 0.25) is 0 Å². The van der Waals surface area contributed by atoms with Gasteiger partial charge in [0.15, 0.2) is 0 Å². The van der Waals surface area contributed by atoms with E-state index in [1.807, 2.05) is 0 Å². The van der Waals surface area contributed by atoms with Crippen molar-refractivity contribution in [3.63, 3.8) is 0 Å². The lowest BCUT2D eigenvalue weighted by molar-refractivity contribution is 0.142. The summed E-state index contributed by atoms with van der Waals surface area (Å²) in [6, 6.07) is 1.67. The maximum Gasteiger partial charge on any atom is 0.0149 e. The number of thioether (sulfide) groups is 1. The number of hydrogen-bond acceptors (Lipinski definition) is 3. The maximum atomic E-state index is 3.69. The molecular weight excluding hydrogens is 240 g/mol. The molecule has 0 aromatic heterocycles. The first-order valence-corrected chi connectivity index (χ1v) is 8.76. The smallest absolute Gasteiger partial charge is 0.0149 e. The number of nitrogens with one attached hydrogen (secondary N) is 1. The van der Waals surface area contributed by atoms with Crippen LogP contribution in [0.15, 0.2) is 0 Å². The van der Waals surface area contributed by atoms with Crippen LogP contribution in [0.3, 0.4) is 0 Å². The Morgan fingerprint density at radius 2 is 1.67 bits per heavy atom. The minimum Gasteiger partial charge on any atom is -0.314 e. The molecule has 1 aliphatic heterocycles. The molecule has 1 saturated carbocycles. The van der Waals surface area contributed by atoms with Crippen molar-refractivity contribution in [2.24, 2.45) is 0 Å². The highest BCUT2D eigenvalue weighted by atomic mass is 32.2. The Labute approximate surface area is 117 Å². The molecule has 2 nitrogen and oxygen atoms in total. The van der Waals surface area contributed by atoms with Gasteiger partial charge in [-0.15, -0.1) is 0 Å². The third-order valence-corrected chi connectivity index (χ3v) is 5.57. The van der Waals surface area contributed by atoms with E-state index in [1.54, 1.807) is 0 Å². The molecule has 0 amide bonds.